The molecule has 0 radical (unpaired) electrons. The van der Waals surface area contributed by atoms with Crippen LogP contribution in [0.25, 0.3) is 0 Å². The fraction of sp³-hybridized carbons (Fsp3) is 1.00. The van der Waals surface area contributed by atoms with Crippen LogP contribution in [0.15, 0.2) is 0 Å². The summed E-state index contributed by atoms with van der Waals surface area (Å²) in [5, 5.41) is 13.4. The van der Waals surface area contributed by atoms with E-state index >= 15 is 0 Å². The second-order valence-corrected chi connectivity index (χ2v) is 6.98. The van der Waals surface area contributed by atoms with Crippen molar-refractivity contribution in [1.29, 1.82) is 0 Å². The Morgan fingerprint density at radius 2 is 2.20 bits per heavy atom. The molecule has 2 aliphatic rings. The normalized spacial score (nSPS) is 35.2. The van der Waals surface area contributed by atoms with Crippen LogP contribution >= 0.6 is 0 Å². The predicted molar refractivity (Wildman–Crippen MR) is 84.0 cm³/mol. The van der Waals surface area contributed by atoms with E-state index in [2.05, 4.69) is 36.1 Å². The van der Waals surface area contributed by atoms with Gasteiger partial charge in [-0.1, -0.05) is 6.92 Å². The highest BCUT2D eigenvalue weighted by Gasteiger charge is 2.40. The maximum Gasteiger partial charge on any atom is 0.0613 e. The van der Waals surface area contributed by atoms with Gasteiger partial charge in [0.25, 0.3) is 0 Å². The second kappa shape index (κ2) is 7.21. The van der Waals surface area contributed by atoms with Crippen LogP contribution in [-0.4, -0.2) is 72.9 Å². The lowest BCUT2D eigenvalue weighted by atomic mass is 9.98. The molecule has 1 aliphatic heterocycles. The summed E-state index contributed by atoms with van der Waals surface area (Å²) in [5.41, 5.74) is -0.0173. The molecule has 2 fully saturated rings. The average molecular weight is 283 g/mol. The molecule has 1 saturated heterocycles. The first-order chi connectivity index (χ1) is 9.60. The van der Waals surface area contributed by atoms with Gasteiger partial charge in [-0.05, 0) is 65.7 Å². The van der Waals surface area contributed by atoms with Crippen LogP contribution in [0.2, 0.25) is 0 Å². The van der Waals surface area contributed by atoms with Crippen LogP contribution in [0.4, 0.5) is 0 Å². The van der Waals surface area contributed by atoms with E-state index < -0.39 is 0 Å². The number of nitrogens with one attached hydrogen (secondary N) is 1. The van der Waals surface area contributed by atoms with E-state index in [1.54, 1.807) is 0 Å². The van der Waals surface area contributed by atoms with E-state index in [0.29, 0.717) is 6.04 Å². The van der Waals surface area contributed by atoms with Gasteiger partial charge in [-0.15, -0.1) is 0 Å². The van der Waals surface area contributed by atoms with E-state index in [0.717, 1.165) is 31.8 Å². The van der Waals surface area contributed by atoms with Crippen molar-refractivity contribution in [2.75, 3.05) is 40.3 Å². The molecule has 0 aromatic heterocycles. The molecule has 1 heterocycles. The number of aliphatic hydroxyl groups is 1. The van der Waals surface area contributed by atoms with Gasteiger partial charge in [0.1, 0.15) is 0 Å². The first-order valence-corrected chi connectivity index (χ1v) is 8.36. The van der Waals surface area contributed by atoms with E-state index in [4.69, 9.17) is 0 Å². The van der Waals surface area contributed by atoms with Crippen molar-refractivity contribution in [1.82, 2.24) is 15.1 Å². The number of likely N-dealkylation sites (N-methyl/N-ethyl adjacent to an activating group) is 2. The molecule has 1 aliphatic carbocycles. The first-order valence-electron chi connectivity index (χ1n) is 8.36. The Bertz CT molecular complexity index is 299. The maximum atomic E-state index is 9.78. The largest absolute Gasteiger partial charge is 0.394 e. The molecule has 4 heteroatoms. The lowest BCUT2D eigenvalue weighted by molar-refractivity contribution is 0.140. The Labute approximate surface area is 124 Å². The van der Waals surface area contributed by atoms with Gasteiger partial charge >= 0.3 is 0 Å². The van der Waals surface area contributed by atoms with Gasteiger partial charge in [0.05, 0.1) is 6.61 Å². The van der Waals surface area contributed by atoms with Crippen LogP contribution in [0, 0.1) is 0 Å². The van der Waals surface area contributed by atoms with Crippen molar-refractivity contribution in [2.45, 2.75) is 63.1 Å². The molecule has 4 nitrogen and oxygen atoms in total. The fourth-order valence-corrected chi connectivity index (χ4v) is 3.92. The summed E-state index contributed by atoms with van der Waals surface area (Å²) < 4.78 is 0. The third kappa shape index (κ3) is 3.73. The number of nitrogens with zero attached hydrogens (tertiary/aromatic N) is 2. The van der Waals surface area contributed by atoms with Crippen molar-refractivity contribution in [3.05, 3.63) is 0 Å². The van der Waals surface area contributed by atoms with Gasteiger partial charge in [0.15, 0.2) is 0 Å². The molecular weight excluding hydrogens is 250 g/mol. The van der Waals surface area contributed by atoms with Crippen molar-refractivity contribution >= 4 is 0 Å². The quantitative estimate of drug-likeness (QED) is 0.739. The lowest BCUT2D eigenvalue weighted by Gasteiger charge is -2.33. The Kier molecular flexibility index (Phi) is 5.84. The summed E-state index contributed by atoms with van der Waals surface area (Å²) in [6.07, 6.45) is 7.24. The zero-order valence-electron chi connectivity index (χ0n) is 13.6. The molecule has 2 rings (SSSR count). The zero-order chi connectivity index (χ0) is 14.6. The van der Waals surface area contributed by atoms with Crippen molar-refractivity contribution < 1.29 is 5.11 Å². The highest BCUT2D eigenvalue weighted by atomic mass is 16.3. The molecule has 0 spiro atoms. The number of hydrogen-bond acceptors (Lipinski definition) is 4. The minimum absolute atomic E-state index is 0.0173. The lowest BCUT2D eigenvalue weighted by Crippen LogP contribution is -2.48. The Balaban J connectivity index is 1.84. The molecule has 1 saturated carbocycles. The van der Waals surface area contributed by atoms with E-state index in [1.807, 2.05) is 0 Å². The van der Waals surface area contributed by atoms with Gasteiger partial charge in [-0.25, -0.2) is 0 Å². The average Bonchev–Trinajstić information content (AvgIpc) is 3.05. The highest BCUT2D eigenvalue weighted by Crippen LogP contribution is 2.33. The van der Waals surface area contributed by atoms with Crippen molar-refractivity contribution in [3.8, 4) is 0 Å². The van der Waals surface area contributed by atoms with E-state index in [9.17, 15) is 5.11 Å². The van der Waals surface area contributed by atoms with Gasteiger partial charge in [-0.3, -0.25) is 0 Å². The standard InChI is InChI=1S/C16H33N3O/c1-4-9-17-16(13-20)8-7-14(11-16)19(3)12-15-6-5-10-18(15)2/h14-15,17,20H,4-13H2,1-3H3. The molecule has 0 amide bonds. The molecule has 0 bridgehead atoms. The Morgan fingerprint density at radius 3 is 2.80 bits per heavy atom. The number of rotatable bonds is 7. The summed E-state index contributed by atoms with van der Waals surface area (Å²) in [6, 6.07) is 1.35. The predicted octanol–water partition coefficient (Wildman–Crippen LogP) is 1.30. The Hall–Kier alpha value is -0.160. The third-order valence-corrected chi connectivity index (χ3v) is 5.43. The number of likely N-dealkylation sites (tertiary alicyclic amines) is 1. The SMILES string of the molecule is CCCNC1(CO)CCC(N(C)CC2CCCN2C)C1. The van der Waals surface area contributed by atoms with Crippen LogP contribution in [0.3, 0.4) is 0 Å². The molecule has 118 valence electrons. The monoisotopic (exact) mass is 283 g/mol. The molecule has 0 aromatic carbocycles. The smallest absolute Gasteiger partial charge is 0.0613 e. The topological polar surface area (TPSA) is 38.7 Å². The van der Waals surface area contributed by atoms with Gasteiger partial charge < -0.3 is 20.2 Å². The molecular formula is C16H33N3O. The van der Waals surface area contributed by atoms with E-state index in [1.165, 1.54) is 32.4 Å². The van der Waals surface area contributed by atoms with Crippen molar-refractivity contribution in [2.24, 2.45) is 0 Å². The Morgan fingerprint density at radius 1 is 1.40 bits per heavy atom. The maximum absolute atomic E-state index is 9.78. The van der Waals surface area contributed by atoms with Crippen LogP contribution in [0.5, 0.6) is 0 Å². The van der Waals surface area contributed by atoms with Crippen LogP contribution in [0.1, 0.15) is 45.4 Å². The van der Waals surface area contributed by atoms with Gasteiger partial charge in [0.2, 0.25) is 0 Å². The number of aliphatic hydroxyl groups excluding tert-OH is 1. The molecule has 3 atom stereocenters. The van der Waals surface area contributed by atoms with Crippen molar-refractivity contribution in [3.63, 3.8) is 0 Å². The molecule has 3 unspecified atom stereocenters. The fourth-order valence-electron chi connectivity index (χ4n) is 3.92. The zero-order valence-corrected chi connectivity index (χ0v) is 13.6. The summed E-state index contributed by atoms with van der Waals surface area (Å²) in [6.45, 7) is 5.91. The van der Waals surface area contributed by atoms with E-state index in [-0.39, 0.29) is 12.1 Å². The minimum atomic E-state index is -0.0173. The van der Waals surface area contributed by atoms with Crippen LogP contribution < -0.4 is 5.32 Å². The first kappa shape index (κ1) is 16.2. The molecule has 2 N–H and O–H groups in total. The minimum Gasteiger partial charge on any atom is -0.394 e. The van der Waals surface area contributed by atoms with Crippen LogP contribution in [-0.2, 0) is 0 Å². The third-order valence-electron chi connectivity index (χ3n) is 5.43. The van der Waals surface area contributed by atoms with Gasteiger partial charge in [0, 0.05) is 24.2 Å². The second-order valence-electron chi connectivity index (χ2n) is 6.98. The summed E-state index contributed by atoms with van der Waals surface area (Å²) in [7, 11) is 4.52. The molecule has 20 heavy (non-hydrogen) atoms. The number of hydrogen-bond donors (Lipinski definition) is 2. The summed E-state index contributed by atoms with van der Waals surface area (Å²) in [4.78, 5) is 5.04. The molecule has 0 aromatic rings. The summed E-state index contributed by atoms with van der Waals surface area (Å²) in [5.74, 6) is 0. The summed E-state index contributed by atoms with van der Waals surface area (Å²) >= 11 is 0. The highest BCUT2D eigenvalue weighted by molar-refractivity contribution is 4.99. The van der Waals surface area contributed by atoms with Gasteiger partial charge in [-0.2, -0.15) is 0 Å².